The van der Waals surface area contributed by atoms with Gasteiger partial charge in [-0.3, -0.25) is 9.48 Å². The Morgan fingerprint density at radius 1 is 1.00 bits per heavy atom. The number of piperazine rings is 1. The topological polar surface area (TPSA) is 67.2 Å². The van der Waals surface area contributed by atoms with E-state index in [0.717, 1.165) is 41.8 Å². The van der Waals surface area contributed by atoms with Gasteiger partial charge in [0, 0.05) is 43.6 Å². The van der Waals surface area contributed by atoms with E-state index in [1.165, 1.54) is 0 Å². The summed E-state index contributed by atoms with van der Waals surface area (Å²) in [6.45, 7) is 12.7. The molecule has 1 atom stereocenters. The molecule has 1 fully saturated rings. The number of hydrogen-bond donors (Lipinski definition) is 0. The van der Waals surface area contributed by atoms with Crippen molar-refractivity contribution in [2.24, 2.45) is 0 Å². The summed E-state index contributed by atoms with van der Waals surface area (Å²) in [6.07, 6.45) is 0. The van der Waals surface area contributed by atoms with Crippen LogP contribution >= 0.6 is 0 Å². The van der Waals surface area contributed by atoms with Crippen LogP contribution in [0.1, 0.15) is 35.9 Å². The number of nitrogens with zero attached hydrogens (tertiary/aromatic N) is 6. The summed E-state index contributed by atoms with van der Waals surface area (Å²) in [5, 5.41) is 4.45. The molecule has 0 saturated carbocycles. The van der Waals surface area contributed by atoms with E-state index in [4.69, 9.17) is 0 Å². The van der Waals surface area contributed by atoms with Crippen molar-refractivity contribution in [2.75, 3.05) is 31.1 Å². The van der Waals surface area contributed by atoms with Crippen molar-refractivity contribution in [3.63, 3.8) is 0 Å². The molecule has 0 aromatic carbocycles. The minimum Gasteiger partial charge on any atom is -0.353 e. The molecule has 3 heterocycles. The third-order valence-corrected chi connectivity index (χ3v) is 4.64. The number of carbonyl (C=O) groups is 1. The fraction of sp³-hybridized carbons (Fsp3) is 0.556. The Kier molecular flexibility index (Phi) is 4.74. The molecule has 0 bridgehead atoms. The largest absolute Gasteiger partial charge is 0.353 e. The molecule has 7 heteroatoms. The monoisotopic (exact) mass is 342 g/mol. The van der Waals surface area contributed by atoms with Crippen LogP contribution in [0.15, 0.2) is 12.1 Å². The van der Waals surface area contributed by atoms with Crippen LogP contribution < -0.4 is 4.90 Å². The molecule has 0 N–H and O–H groups in total. The lowest BCUT2D eigenvalue weighted by Crippen LogP contribution is -2.50. The highest BCUT2D eigenvalue weighted by molar-refractivity contribution is 5.80. The Balaban J connectivity index is 1.65. The van der Waals surface area contributed by atoms with Crippen molar-refractivity contribution < 1.29 is 4.79 Å². The molecular weight excluding hydrogens is 316 g/mol. The fourth-order valence-electron chi connectivity index (χ4n) is 3.42. The van der Waals surface area contributed by atoms with Crippen LogP contribution in [0.25, 0.3) is 0 Å². The van der Waals surface area contributed by atoms with E-state index in [1.807, 2.05) is 56.3 Å². The van der Waals surface area contributed by atoms with Gasteiger partial charge in [0.25, 0.3) is 0 Å². The molecule has 7 nitrogen and oxygen atoms in total. The third-order valence-electron chi connectivity index (χ3n) is 4.64. The smallest absolute Gasteiger partial charge is 0.247 e. The molecule has 2 aromatic heterocycles. The van der Waals surface area contributed by atoms with Crippen molar-refractivity contribution in [2.45, 2.75) is 40.7 Å². The first-order valence-electron chi connectivity index (χ1n) is 8.74. The normalized spacial score (nSPS) is 16.2. The molecule has 3 rings (SSSR count). The van der Waals surface area contributed by atoms with Crippen molar-refractivity contribution >= 4 is 11.7 Å². The van der Waals surface area contributed by atoms with Crippen LogP contribution in [0.2, 0.25) is 0 Å². The first-order valence-corrected chi connectivity index (χ1v) is 8.74. The summed E-state index contributed by atoms with van der Waals surface area (Å²) in [6, 6.07) is 3.73. The van der Waals surface area contributed by atoms with E-state index in [9.17, 15) is 4.79 Å². The van der Waals surface area contributed by atoms with Crippen molar-refractivity contribution in [3.8, 4) is 0 Å². The predicted octanol–water partition coefficient (Wildman–Crippen LogP) is 1.82. The van der Waals surface area contributed by atoms with E-state index >= 15 is 0 Å². The van der Waals surface area contributed by atoms with Gasteiger partial charge in [0.2, 0.25) is 5.91 Å². The van der Waals surface area contributed by atoms with E-state index in [1.54, 1.807) is 0 Å². The van der Waals surface area contributed by atoms with Gasteiger partial charge in [0.1, 0.15) is 17.7 Å². The second-order valence-electron chi connectivity index (χ2n) is 6.77. The van der Waals surface area contributed by atoms with Gasteiger partial charge in [-0.05, 0) is 40.7 Å². The van der Waals surface area contributed by atoms with E-state index < -0.39 is 0 Å². The SMILES string of the molecule is Cc1cc(N2CCN(C(=O)[C@@H](C)n3nc(C)cc3C)CC2)nc(C)n1. The number of carbonyl (C=O) groups excluding carboxylic acids is 1. The molecular formula is C18H26N6O. The second-order valence-corrected chi connectivity index (χ2v) is 6.77. The maximum atomic E-state index is 12.8. The summed E-state index contributed by atoms with van der Waals surface area (Å²) in [5.74, 6) is 1.86. The molecule has 1 aliphatic heterocycles. The highest BCUT2D eigenvalue weighted by atomic mass is 16.2. The zero-order chi connectivity index (χ0) is 18.1. The number of hydrogen-bond acceptors (Lipinski definition) is 5. The van der Waals surface area contributed by atoms with E-state index in [0.29, 0.717) is 13.1 Å². The minimum atomic E-state index is -0.274. The lowest BCUT2D eigenvalue weighted by Gasteiger charge is -2.36. The van der Waals surface area contributed by atoms with E-state index in [-0.39, 0.29) is 11.9 Å². The third kappa shape index (κ3) is 3.65. The fourth-order valence-corrected chi connectivity index (χ4v) is 3.42. The van der Waals surface area contributed by atoms with Crippen molar-refractivity contribution in [1.82, 2.24) is 24.6 Å². The van der Waals surface area contributed by atoms with Gasteiger partial charge in [-0.2, -0.15) is 5.10 Å². The molecule has 1 saturated heterocycles. The molecule has 0 aliphatic carbocycles. The first kappa shape index (κ1) is 17.4. The van der Waals surface area contributed by atoms with E-state index in [2.05, 4.69) is 20.0 Å². The summed E-state index contributed by atoms with van der Waals surface area (Å²) >= 11 is 0. The standard InChI is InChI=1S/C18H26N6O/c1-12-11-17(20-16(5)19-12)22-6-8-23(9-7-22)18(25)15(4)24-14(3)10-13(2)21-24/h10-11,15H,6-9H2,1-5H3/t15-/m1/s1. The molecule has 1 aliphatic rings. The zero-order valence-electron chi connectivity index (χ0n) is 15.7. The van der Waals surface area contributed by atoms with Gasteiger partial charge >= 0.3 is 0 Å². The van der Waals surface area contributed by atoms with Crippen LogP contribution in [0.3, 0.4) is 0 Å². The zero-order valence-corrected chi connectivity index (χ0v) is 15.7. The van der Waals surface area contributed by atoms with Crippen LogP contribution in [-0.2, 0) is 4.79 Å². The molecule has 0 radical (unpaired) electrons. The van der Waals surface area contributed by atoms with Crippen LogP contribution in [0, 0.1) is 27.7 Å². The average Bonchev–Trinajstić information content (AvgIpc) is 2.91. The molecule has 0 unspecified atom stereocenters. The maximum Gasteiger partial charge on any atom is 0.247 e. The van der Waals surface area contributed by atoms with Crippen LogP contribution in [-0.4, -0.2) is 56.7 Å². The molecule has 25 heavy (non-hydrogen) atoms. The lowest BCUT2D eigenvalue weighted by atomic mass is 10.2. The second kappa shape index (κ2) is 6.82. The molecule has 1 amide bonds. The van der Waals surface area contributed by atoms with Crippen molar-refractivity contribution in [1.29, 1.82) is 0 Å². The Hall–Kier alpha value is -2.44. The molecule has 134 valence electrons. The Bertz CT molecular complexity index is 756. The van der Waals surface area contributed by atoms with Crippen molar-refractivity contribution in [3.05, 3.63) is 35.0 Å². The Morgan fingerprint density at radius 2 is 1.68 bits per heavy atom. The quantitative estimate of drug-likeness (QED) is 0.851. The molecule has 0 spiro atoms. The number of rotatable bonds is 3. The summed E-state index contributed by atoms with van der Waals surface area (Å²) in [4.78, 5) is 25.8. The van der Waals surface area contributed by atoms with Gasteiger partial charge < -0.3 is 9.80 Å². The van der Waals surface area contributed by atoms with Crippen LogP contribution in [0.5, 0.6) is 0 Å². The van der Waals surface area contributed by atoms with Gasteiger partial charge in [0.05, 0.1) is 5.69 Å². The Morgan fingerprint density at radius 3 is 2.24 bits per heavy atom. The first-order chi connectivity index (χ1) is 11.8. The predicted molar refractivity (Wildman–Crippen MR) is 96.7 cm³/mol. The maximum absolute atomic E-state index is 12.8. The highest BCUT2D eigenvalue weighted by Crippen LogP contribution is 2.18. The van der Waals surface area contributed by atoms with Gasteiger partial charge in [-0.1, -0.05) is 0 Å². The van der Waals surface area contributed by atoms with Crippen LogP contribution in [0.4, 0.5) is 5.82 Å². The summed E-state index contributed by atoms with van der Waals surface area (Å²) in [5.41, 5.74) is 2.93. The molecule has 2 aromatic rings. The lowest BCUT2D eigenvalue weighted by molar-refractivity contribution is -0.134. The highest BCUT2D eigenvalue weighted by Gasteiger charge is 2.27. The number of anilines is 1. The van der Waals surface area contributed by atoms with Gasteiger partial charge in [-0.25, -0.2) is 9.97 Å². The number of aromatic nitrogens is 4. The average molecular weight is 342 g/mol. The summed E-state index contributed by atoms with van der Waals surface area (Å²) < 4.78 is 1.82. The van der Waals surface area contributed by atoms with Gasteiger partial charge in [-0.15, -0.1) is 0 Å². The number of aryl methyl sites for hydroxylation is 4. The summed E-state index contributed by atoms with van der Waals surface area (Å²) in [7, 11) is 0. The minimum absolute atomic E-state index is 0.126. The van der Waals surface area contributed by atoms with Gasteiger partial charge in [0.15, 0.2) is 0 Å². The Labute approximate surface area is 148 Å². The number of amides is 1.